The van der Waals surface area contributed by atoms with Crippen LogP contribution in [-0.4, -0.2) is 48.2 Å². The van der Waals surface area contributed by atoms with Gasteiger partial charge in [-0.25, -0.2) is 8.78 Å². The normalized spacial score (nSPS) is 18.3. The molecule has 2 N–H and O–H groups in total. The van der Waals surface area contributed by atoms with Crippen LogP contribution in [0.1, 0.15) is 18.9 Å². The molecule has 0 unspecified atom stereocenters. The van der Waals surface area contributed by atoms with Crippen LogP contribution in [0.15, 0.2) is 23.2 Å². The topological polar surface area (TPSA) is 47.9 Å². The molecule has 1 aromatic rings. The third kappa shape index (κ3) is 5.35. The second-order valence-corrected chi connectivity index (χ2v) is 5.11. The standard InChI is InChI=1S/C15H21F2N3O.HI/c1-2-18-15(20-8-6-13(21)10-20)19-7-5-11-3-4-12(16)9-14(11)17;/h3-4,9,13,21H,2,5-8,10H2,1H3,(H,18,19);1H/t13-;/m1./s1. The summed E-state index contributed by atoms with van der Waals surface area (Å²) in [6.45, 7) is 4.45. The van der Waals surface area contributed by atoms with Crippen molar-refractivity contribution in [1.82, 2.24) is 10.2 Å². The number of nitrogens with one attached hydrogen (secondary N) is 1. The van der Waals surface area contributed by atoms with Crippen LogP contribution in [-0.2, 0) is 6.42 Å². The minimum Gasteiger partial charge on any atom is -0.391 e. The maximum Gasteiger partial charge on any atom is 0.194 e. The third-order valence-corrected chi connectivity index (χ3v) is 3.46. The predicted molar refractivity (Wildman–Crippen MR) is 93.7 cm³/mol. The summed E-state index contributed by atoms with van der Waals surface area (Å²) in [5.74, 6) is -0.373. The molecule has 22 heavy (non-hydrogen) atoms. The number of hydrogen-bond acceptors (Lipinski definition) is 2. The van der Waals surface area contributed by atoms with E-state index in [4.69, 9.17) is 0 Å². The van der Waals surface area contributed by atoms with Crippen molar-refractivity contribution >= 4 is 29.9 Å². The zero-order valence-electron chi connectivity index (χ0n) is 12.6. The van der Waals surface area contributed by atoms with E-state index in [1.807, 2.05) is 11.8 Å². The van der Waals surface area contributed by atoms with E-state index in [2.05, 4.69) is 10.3 Å². The van der Waals surface area contributed by atoms with Crippen LogP contribution in [0, 0.1) is 11.6 Å². The highest BCUT2D eigenvalue weighted by Crippen LogP contribution is 2.11. The first kappa shape index (κ1) is 19.1. The number of guanidine groups is 1. The fourth-order valence-corrected chi connectivity index (χ4v) is 2.37. The zero-order valence-corrected chi connectivity index (χ0v) is 14.9. The molecule has 1 fully saturated rings. The number of aliphatic imine (C=N–C) groups is 1. The first-order chi connectivity index (χ1) is 10.1. The molecule has 1 heterocycles. The summed E-state index contributed by atoms with van der Waals surface area (Å²) in [5, 5.41) is 12.7. The number of halogens is 3. The molecule has 0 saturated carbocycles. The predicted octanol–water partition coefficient (Wildman–Crippen LogP) is 2.16. The summed E-state index contributed by atoms with van der Waals surface area (Å²) in [6.07, 6.45) is 0.831. The first-order valence-corrected chi connectivity index (χ1v) is 7.25. The lowest BCUT2D eigenvalue weighted by Gasteiger charge is -2.20. The number of nitrogens with zero attached hydrogens (tertiary/aromatic N) is 2. The van der Waals surface area contributed by atoms with Gasteiger partial charge in [-0.2, -0.15) is 0 Å². The van der Waals surface area contributed by atoms with Gasteiger partial charge in [0.1, 0.15) is 11.6 Å². The van der Waals surface area contributed by atoms with Gasteiger partial charge >= 0.3 is 0 Å². The average Bonchev–Trinajstić information content (AvgIpc) is 2.86. The number of aliphatic hydroxyl groups excluding tert-OH is 1. The van der Waals surface area contributed by atoms with E-state index >= 15 is 0 Å². The van der Waals surface area contributed by atoms with Gasteiger partial charge in [0.15, 0.2) is 5.96 Å². The third-order valence-electron chi connectivity index (χ3n) is 3.46. The van der Waals surface area contributed by atoms with Crippen LogP contribution in [0.5, 0.6) is 0 Å². The summed E-state index contributed by atoms with van der Waals surface area (Å²) in [4.78, 5) is 6.44. The van der Waals surface area contributed by atoms with Crippen LogP contribution in [0.3, 0.4) is 0 Å². The van der Waals surface area contributed by atoms with Crippen molar-refractivity contribution in [2.75, 3.05) is 26.2 Å². The van der Waals surface area contributed by atoms with Crippen molar-refractivity contribution in [2.45, 2.75) is 25.9 Å². The summed E-state index contributed by atoms with van der Waals surface area (Å²) < 4.78 is 26.4. The number of β-amino-alcohol motifs (C(OH)–C–C–N with tert-alkyl or cyclic N) is 1. The van der Waals surface area contributed by atoms with Gasteiger partial charge in [0.25, 0.3) is 0 Å². The van der Waals surface area contributed by atoms with E-state index in [0.717, 1.165) is 31.5 Å². The molecule has 1 aliphatic heterocycles. The van der Waals surface area contributed by atoms with Crippen molar-refractivity contribution < 1.29 is 13.9 Å². The van der Waals surface area contributed by atoms with Crippen molar-refractivity contribution in [2.24, 2.45) is 4.99 Å². The monoisotopic (exact) mass is 425 g/mol. The molecule has 0 amide bonds. The van der Waals surface area contributed by atoms with E-state index in [1.54, 1.807) is 0 Å². The summed E-state index contributed by atoms with van der Waals surface area (Å²) >= 11 is 0. The molecule has 4 nitrogen and oxygen atoms in total. The Labute approximate surface area is 146 Å². The van der Waals surface area contributed by atoms with Crippen molar-refractivity contribution in [3.05, 3.63) is 35.4 Å². The Morgan fingerprint density at radius 3 is 2.82 bits per heavy atom. The lowest BCUT2D eigenvalue weighted by atomic mass is 10.1. The van der Waals surface area contributed by atoms with Crippen molar-refractivity contribution in [3.63, 3.8) is 0 Å². The minimum absolute atomic E-state index is 0. The largest absolute Gasteiger partial charge is 0.391 e. The first-order valence-electron chi connectivity index (χ1n) is 7.25. The Balaban J connectivity index is 0.00000242. The molecule has 0 aliphatic carbocycles. The molecule has 2 rings (SSSR count). The van der Waals surface area contributed by atoms with Gasteiger partial charge in [-0.1, -0.05) is 6.07 Å². The number of aliphatic hydroxyl groups is 1. The molecule has 124 valence electrons. The molecule has 1 aliphatic rings. The smallest absolute Gasteiger partial charge is 0.194 e. The van der Waals surface area contributed by atoms with Crippen LogP contribution >= 0.6 is 24.0 Å². The van der Waals surface area contributed by atoms with Crippen LogP contribution in [0.2, 0.25) is 0 Å². The number of benzene rings is 1. The molecule has 1 saturated heterocycles. The van der Waals surface area contributed by atoms with E-state index < -0.39 is 11.6 Å². The SMILES string of the molecule is CCNC(=NCCc1ccc(F)cc1F)N1CC[C@@H](O)C1.I. The number of likely N-dealkylation sites (tertiary alicyclic amines) is 1. The fourth-order valence-electron chi connectivity index (χ4n) is 2.37. The minimum atomic E-state index is -0.570. The average molecular weight is 425 g/mol. The highest BCUT2D eigenvalue weighted by molar-refractivity contribution is 14.0. The van der Waals surface area contributed by atoms with E-state index in [9.17, 15) is 13.9 Å². The molecule has 7 heteroatoms. The van der Waals surface area contributed by atoms with Gasteiger partial charge in [0.05, 0.1) is 6.10 Å². The highest BCUT2D eigenvalue weighted by atomic mass is 127. The van der Waals surface area contributed by atoms with Gasteiger partial charge in [0, 0.05) is 32.2 Å². The van der Waals surface area contributed by atoms with Crippen LogP contribution < -0.4 is 5.32 Å². The van der Waals surface area contributed by atoms with E-state index in [1.165, 1.54) is 12.1 Å². The molecule has 0 aromatic heterocycles. The second kappa shape index (κ2) is 9.24. The molecule has 1 atom stereocenters. The van der Waals surface area contributed by atoms with Gasteiger partial charge in [-0.3, -0.25) is 4.99 Å². The maximum absolute atomic E-state index is 13.5. The Morgan fingerprint density at radius 1 is 1.45 bits per heavy atom. The highest BCUT2D eigenvalue weighted by Gasteiger charge is 2.22. The fraction of sp³-hybridized carbons (Fsp3) is 0.533. The van der Waals surface area contributed by atoms with E-state index in [0.29, 0.717) is 25.1 Å². The molecule has 1 aromatic carbocycles. The summed E-state index contributed by atoms with van der Waals surface area (Å²) in [5.41, 5.74) is 0.456. The van der Waals surface area contributed by atoms with E-state index in [-0.39, 0.29) is 30.1 Å². The Kier molecular flexibility index (Phi) is 8.02. The Morgan fingerprint density at radius 2 is 2.23 bits per heavy atom. The molecule has 0 radical (unpaired) electrons. The lowest BCUT2D eigenvalue weighted by molar-refractivity contribution is 0.188. The molecule has 0 bridgehead atoms. The quantitative estimate of drug-likeness (QED) is 0.442. The number of hydrogen-bond donors (Lipinski definition) is 2. The molecular formula is C15H22F2IN3O. The van der Waals surface area contributed by atoms with Crippen LogP contribution in [0.25, 0.3) is 0 Å². The van der Waals surface area contributed by atoms with Gasteiger partial charge in [0.2, 0.25) is 0 Å². The zero-order chi connectivity index (χ0) is 15.2. The molecular weight excluding hydrogens is 403 g/mol. The van der Waals surface area contributed by atoms with Gasteiger partial charge < -0.3 is 15.3 Å². The van der Waals surface area contributed by atoms with Crippen molar-refractivity contribution in [1.29, 1.82) is 0 Å². The second-order valence-electron chi connectivity index (χ2n) is 5.11. The Hall–Kier alpha value is -0.960. The lowest BCUT2D eigenvalue weighted by Crippen LogP contribution is -2.40. The van der Waals surface area contributed by atoms with Crippen LogP contribution in [0.4, 0.5) is 8.78 Å². The summed E-state index contributed by atoms with van der Waals surface area (Å²) in [6, 6.07) is 3.60. The van der Waals surface area contributed by atoms with Gasteiger partial charge in [-0.05, 0) is 31.4 Å². The van der Waals surface area contributed by atoms with Gasteiger partial charge in [-0.15, -0.1) is 24.0 Å². The molecule has 0 spiro atoms. The summed E-state index contributed by atoms with van der Waals surface area (Å²) in [7, 11) is 0. The Bertz CT molecular complexity index is 514. The number of rotatable bonds is 4. The van der Waals surface area contributed by atoms with Crippen molar-refractivity contribution in [3.8, 4) is 0 Å². The maximum atomic E-state index is 13.5.